The summed E-state index contributed by atoms with van der Waals surface area (Å²) in [6, 6.07) is 16.4. The molecule has 3 rings (SSSR count). The fourth-order valence-corrected chi connectivity index (χ4v) is 2.32. The Morgan fingerprint density at radius 2 is 1.65 bits per heavy atom. The zero-order valence-electron chi connectivity index (χ0n) is 11.3. The van der Waals surface area contributed by atoms with Crippen molar-refractivity contribution >= 4 is 16.6 Å². The van der Waals surface area contributed by atoms with Gasteiger partial charge in [0.2, 0.25) is 0 Å². The number of nitrogens with two attached hydrogens (primary N) is 1. The molecule has 0 saturated heterocycles. The molecule has 4 nitrogen and oxygen atoms in total. The fourth-order valence-electron chi connectivity index (χ4n) is 2.32. The molecule has 3 N–H and O–H groups in total. The highest BCUT2D eigenvalue weighted by molar-refractivity contribution is 5.99. The Bertz CT molecular complexity index is 735. The number of aromatic nitrogens is 2. The van der Waals surface area contributed by atoms with Gasteiger partial charge in [-0.05, 0) is 12.0 Å². The molecule has 20 heavy (non-hydrogen) atoms. The van der Waals surface area contributed by atoms with E-state index < -0.39 is 0 Å². The Morgan fingerprint density at radius 3 is 2.30 bits per heavy atom. The number of rotatable bonds is 3. The van der Waals surface area contributed by atoms with Gasteiger partial charge >= 0.3 is 0 Å². The Balaban J connectivity index is 2.20. The van der Waals surface area contributed by atoms with E-state index in [9.17, 15) is 0 Å². The summed E-state index contributed by atoms with van der Waals surface area (Å²) in [7, 11) is 0. The minimum atomic E-state index is 0.592. The zero-order chi connectivity index (χ0) is 13.9. The normalized spacial score (nSPS) is 10.7. The number of nitrogens with zero attached hydrogens (tertiary/aromatic N) is 2. The van der Waals surface area contributed by atoms with Crippen LogP contribution in [0.1, 0.15) is 12.5 Å². The van der Waals surface area contributed by atoms with Gasteiger partial charge in [-0.3, -0.25) is 0 Å². The Hall–Kier alpha value is -2.46. The van der Waals surface area contributed by atoms with Crippen molar-refractivity contribution in [2.45, 2.75) is 13.3 Å². The molecule has 0 aliphatic rings. The SMILES string of the molecule is CCc1ccc(-c2nnc(NN)c3ccccc23)cc1. The summed E-state index contributed by atoms with van der Waals surface area (Å²) in [6.45, 7) is 2.14. The summed E-state index contributed by atoms with van der Waals surface area (Å²) >= 11 is 0. The molecule has 100 valence electrons. The molecular weight excluding hydrogens is 248 g/mol. The van der Waals surface area contributed by atoms with Crippen LogP contribution in [-0.2, 0) is 6.42 Å². The summed E-state index contributed by atoms with van der Waals surface area (Å²) in [5.74, 6) is 6.08. The summed E-state index contributed by atoms with van der Waals surface area (Å²) in [5.41, 5.74) is 5.85. The van der Waals surface area contributed by atoms with Gasteiger partial charge in [0.15, 0.2) is 5.82 Å². The van der Waals surface area contributed by atoms with Crippen molar-refractivity contribution in [3.8, 4) is 11.3 Å². The molecule has 1 heterocycles. The van der Waals surface area contributed by atoms with Gasteiger partial charge in [0.25, 0.3) is 0 Å². The first-order chi connectivity index (χ1) is 9.83. The molecule has 0 spiro atoms. The van der Waals surface area contributed by atoms with Crippen molar-refractivity contribution in [1.82, 2.24) is 10.2 Å². The molecule has 0 radical (unpaired) electrons. The second-order valence-corrected chi connectivity index (χ2v) is 4.64. The lowest BCUT2D eigenvalue weighted by atomic mass is 10.0. The number of aryl methyl sites for hydroxylation is 1. The smallest absolute Gasteiger partial charge is 0.170 e. The molecule has 0 aliphatic heterocycles. The van der Waals surface area contributed by atoms with E-state index in [2.05, 4.69) is 46.8 Å². The van der Waals surface area contributed by atoms with Crippen LogP contribution >= 0.6 is 0 Å². The molecular formula is C16H16N4. The Morgan fingerprint density at radius 1 is 0.950 bits per heavy atom. The number of nitrogen functional groups attached to an aromatic ring is 1. The van der Waals surface area contributed by atoms with Gasteiger partial charge < -0.3 is 5.43 Å². The topological polar surface area (TPSA) is 63.8 Å². The lowest BCUT2D eigenvalue weighted by Gasteiger charge is -2.09. The van der Waals surface area contributed by atoms with E-state index in [0.717, 1.165) is 28.5 Å². The predicted molar refractivity (Wildman–Crippen MR) is 82.2 cm³/mol. The lowest BCUT2D eigenvalue weighted by Crippen LogP contribution is -2.10. The first-order valence-corrected chi connectivity index (χ1v) is 6.65. The maximum Gasteiger partial charge on any atom is 0.170 e. The third-order valence-corrected chi connectivity index (χ3v) is 3.46. The number of hydrogen-bond acceptors (Lipinski definition) is 4. The van der Waals surface area contributed by atoms with Gasteiger partial charge in [-0.1, -0.05) is 55.5 Å². The average Bonchev–Trinajstić information content (AvgIpc) is 2.54. The van der Waals surface area contributed by atoms with E-state index in [4.69, 9.17) is 5.84 Å². The zero-order valence-corrected chi connectivity index (χ0v) is 11.3. The Labute approximate surface area is 117 Å². The molecule has 0 aliphatic carbocycles. The van der Waals surface area contributed by atoms with Gasteiger partial charge in [0.1, 0.15) is 5.69 Å². The van der Waals surface area contributed by atoms with Gasteiger partial charge in [-0.15, -0.1) is 10.2 Å². The highest BCUT2D eigenvalue weighted by atomic mass is 15.3. The van der Waals surface area contributed by atoms with Crippen LogP contribution in [0.3, 0.4) is 0 Å². The number of fused-ring (bicyclic) bond motifs is 1. The van der Waals surface area contributed by atoms with Gasteiger partial charge in [-0.2, -0.15) is 0 Å². The molecule has 4 heteroatoms. The van der Waals surface area contributed by atoms with Crippen LogP contribution in [0.4, 0.5) is 5.82 Å². The van der Waals surface area contributed by atoms with Crippen LogP contribution < -0.4 is 11.3 Å². The standard InChI is InChI=1S/C16H16N4/c1-2-11-7-9-12(10-8-11)15-13-5-3-4-6-14(13)16(18-17)20-19-15/h3-10H,2,17H2,1H3,(H,18,20). The summed E-state index contributed by atoms with van der Waals surface area (Å²) in [6.07, 6.45) is 1.03. The van der Waals surface area contributed by atoms with Crippen molar-refractivity contribution in [2.24, 2.45) is 5.84 Å². The molecule has 0 amide bonds. The van der Waals surface area contributed by atoms with Crippen molar-refractivity contribution in [2.75, 3.05) is 5.43 Å². The average molecular weight is 264 g/mol. The number of hydrogen-bond donors (Lipinski definition) is 2. The lowest BCUT2D eigenvalue weighted by molar-refractivity contribution is 1.04. The number of benzene rings is 2. The van der Waals surface area contributed by atoms with Crippen LogP contribution in [0.15, 0.2) is 48.5 Å². The van der Waals surface area contributed by atoms with E-state index in [-0.39, 0.29) is 0 Å². The maximum absolute atomic E-state index is 5.49. The number of nitrogens with one attached hydrogen (secondary N) is 1. The van der Waals surface area contributed by atoms with Crippen molar-refractivity contribution < 1.29 is 0 Å². The molecule has 0 fully saturated rings. The van der Waals surface area contributed by atoms with Crippen LogP contribution in [0, 0.1) is 0 Å². The minimum absolute atomic E-state index is 0.592. The van der Waals surface area contributed by atoms with Crippen LogP contribution in [0.25, 0.3) is 22.0 Å². The van der Waals surface area contributed by atoms with E-state index in [1.807, 2.05) is 24.3 Å². The maximum atomic E-state index is 5.49. The monoisotopic (exact) mass is 264 g/mol. The van der Waals surface area contributed by atoms with Crippen molar-refractivity contribution in [1.29, 1.82) is 0 Å². The second-order valence-electron chi connectivity index (χ2n) is 4.64. The molecule has 0 unspecified atom stereocenters. The molecule has 3 aromatic rings. The first kappa shape index (κ1) is 12.6. The molecule has 0 saturated carbocycles. The number of anilines is 1. The van der Waals surface area contributed by atoms with Crippen molar-refractivity contribution in [3.05, 3.63) is 54.1 Å². The van der Waals surface area contributed by atoms with Crippen LogP contribution in [0.5, 0.6) is 0 Å². The predicted octanol–water partition coefficient (Wildman–Crippen LogP) is 3.14. The molecule has 0 bridgehead atoms. The quantitative estimate of drug-likeness (QED) is 0.563. The van der Waals surface area contributed by atoms with E-state index >= 15 is 0 Å². The summed E-state index contributed by atoms with van der Waals surface area (Å²) < 4.78 is 0. The molecule has 1 aromatic heterocycles. The van der Waals surface area contributed by atoms with E-state index in [1.54, 1.807) is 0 Å². The second kappa shape index (κ2) is 5.27. The van der Waals surface area contributed by atoms with Gasteiger partial charge in [-0.25, -0.2) is 5.84 Å². The third kappa shape index (κ3) is 2.10. The minimum Gasteiger partial charge on any atom is -0.306 e. The molecule has 0 atom stereocenters. The highest BCUT2D eigenvalue weighted by Crippen LogP contribution is 2.29. The molecule has 2 aromatic carbocycles. The third-order valence-electron chi connectivity index (χ3n) is 3.46. The summed E-state index contributed by atoms with van der Waals surface area (Å²) in [4.78, 5) is 0. The number of hydrazine groups is 1. The Kier molecular flexibility index (Phi) is 3.31. The largest absolute Gasteiger partial charge is 0.306 e. The van der Waals surface area contributed by atoms with Crippen molar-refractivity contribution in [3.63, 3.8) is 0 Å². The fraction of sp³-hybridized carbons (Fsp3) is 0.125. The highest BCUT2D eigenvalue weighted by Gasteiger charge is 2.09. The first-order valence-electron chi connectivity index (χ1n) is 6.65. The van der Waals surface area contributed by atoms with Gasteiger partial charge in [0, 0.05) is 16.3 Å². The van der Waals surface area contributed by atoms with Gasteiger partial charge in [0.05, 0.1) is 0 Å². The van der Waals surface area contributed by atoms with Crippen LogP contribution in [-0.4, -0.2) is 10.2 Å². The van der Waals surface area contributed by atoms with Crippen LogP contribution in [0.2, 0.25) is 0 Å². The van der Waals surface area contributed by atoms with E-state index in [0.29, 0.717) is 5.82 Å². The summed E-state index contributed by atoms with van der Waals surface area (Å²) in [5, 5.41) is 10.5. The van der Waals surface area contributed by atoms with E-state index in [1.165, 1.54) is 5.56 Å².